The molecule has 1 N–H and O–H groups in total. The van der Waals surface area contributed by atoms with E-state index in [1.807, 2.05) is 0 Å². The van der Waals surface area contributed by atoms with E-state index >= 15 is 0 Å². The van der Waals surface area contributed by atoms with Crippen molar-refractivity contribution in [2.24, 2.45) is 0 Å². The molecule has 0 aliphatic rings. The van der Waals surface area contributed by atoms with Gasteiger partial charge in [0.2, 0.25) is 0 Å². The van der Waals surface area contributed by atoms with E-state index in [0.717, 1.165) is 4.47 Å². The highest BCUT2D eigenvalue weighted by molar-refractivity contribution is 9.10. The van der Waals surface area contributed by atoms with Crippen LogP contribution in [-0.4, -0.2) is 35.9 Å². The Morgan fingerprint density at radius 2 is 1.79 bits per heavy atom. The van der Waals surface area contributed by atoms with Gasteiger partial charge in [0, 0.05) is 16.3 Å². The molecule has 2 rings (SSSR count). The Morgan fingerprint density at radius 1 is 1.08 bits per heavy atom. The first-order chi connectivity index (χ1) is 11.5. The molecule has 0 radical (unpaired) electrons. The molecule has 0 saturated carbocycles. The number of carbonyl (C=O) groups excluding carboxylic acids is 3. The highest BCUT2D eigenvalue weighted by Crippen LogP contribution is 2.30. The molecular formula is C17H18BrNO5. The van der Waals surface area contributed by atoms with Crippen molar-refractivity contribution in [1.29, 1.82) is 0 Å². The maximum absolute atomic E-state index is 12.6. The van der Waals surface area contributed by atoms with Crippen LogP contribution in [0.2, 0.25) is 0 Å². The first-order valence-corrected chi connectivity index (χ1v) is 8.45. The van der Waals surface area contributed by atoms with Crippen LogP contribution in [0.3, 0.4) is 0 Å². The Kier molecular flexibility index (Phi) is 6.14. The van der Waals surface area contributed by atoms with E-state index in [2.05, 4.69) is 20.9 Å². The van der Waals surface area contributed by atoms with E-state index < -0.39 is 11.9 Å². The first-order valence-electron chi connectivity index (χ1n) is 7.65. The number of nitrogens with one attached hydrogen (secondary N) is 1. The molecule has 0 aliphatic carbocycles. The van der Waals surface area contributed by atoms with Crippen molar-refractivity contribution in [2.45, 2.75) is 26.7 Å². The van der Waals surface area contributed by atoms with Gasteiger partial charge >= 0.3 is 11.9 Å². The molecule has 1 aromatic heterocycles. The van der Waals surface area contributed by atoms with Crippen molar-refractivity contribution in [3.8, 4) is 0 Å². The summed E-state index contributed by atoms with van der Waals surface area (Å²) in [7, 11) is 0. The van der Waals surface area contributed by atoms with Gasteiger partial charge in [0.15, 0.2) is 5.78 Å². The fourth-order valence-electron chi connectivity index (χ4n) is 2.40. The third kappa shape index (κ3) is 3.84. The molecule has 0 amide bonds. The van der Waals surface area contributed by atoms with Crippen LogP contribution >= 0.6 is 15.9 Å². The monoisotopic (exact) mass is 395 g/mol. The summed E-state index contributed by atoms with van der Waals surface area (Å²) in [5.74, 6) is -1.35. The number of aromatic amines is 1. The molecule has 0 unspecified atom stereocenters. The number of ether oxygens (including phenoxy) is 2. The quantitative estimate of drug-likeness (QED) is 0.571. The third-order valence-corrected chi connectivity index (χ3v) is 4.06. The first kappa shape index (κ1) is 18.2. The Balaban J connectivity index is 2.40. The third-order valence-electron chi connectivity index (χ3n) is 3.40. The number of hydrogen-bond donors (Lipinski definition) is 1. The Labute approximate surface area is 147 Å². The van der Waals surface area contributed by atoms with E-state index in [-0.39, 0.29) is 43.1 Å². The smallest absolute Gasteiger partial charge is 0.355 e. The molecule has 0 atom stereocenters. The fraction of sp³-hybridized carbons (Fsp3) is 0.353. The minimum Gasteiger partial charge on any atom is -0.466 e. The number of Topliss-reactive ketones (excluding diaryl/α,β-unsaturated/α-hetero) is 1. The zero-order valence-corrected chi connectivity index (χ0v) is 15.1. The topological polar surface area (TPSA) is 85.5 Å². The summed E-state index contributed by atoms with van der Waals surface area (Å²) in [4.78, 5) is 39.2. The predicted molar refractivity (Wildman–Crippen MR) is 92.2 cm³/mol. The molecule has 0 spiro atoms. The summed E-state index contributed by atoms with van der Waals surface area (Å²) < 4.78 is 10.6. The number of aromatic nitrogens is 1. The van der Waals surface area contributed by atoms with Crippen LogP contribution < -0.4 is 0 Å². The lowest BCUT2D eigenvalue weighted by atomic mass is 10.0. The van der Waals surface area contributed by atoms with Crippen LogP contribution in [0.4, 0.5) is 0 Å². The van der Waals surface area contributed by atoms with Gasteiger partial charge in [0.05, 0.1) is 30.7 Å². The Bertz CT molecular complexity index is 781. The van der Waals surface area contributed by atoms with Crippen LogP contribution in [-0.2, 0) is 14.3 Å². The number of hydrogen-bond acceptors (Lipinski definition) is 5. The molecule has 0 bridgehead atoms. The second kappa shape index (κ2) is 8.10. The number of fused-ring (bicyclic) bond motifs is 1. The molecule has 24 heavy (non-hydrogen) atoms. The summed E-state index contributed by atoms with van der Waals surface area (Å²) >= 11 is 3.40. The van der Waals surface area contributed by atoms with E-state index in [1.165, 1.54) is 0 Å². The van der Waals surface area contributed by atoms with Gasteiger partial charge in [0.25, 0.3) is 0 Å². The van der Waals surface area contributed by atoms with E-state index in [1.54, 1.807) is 32.0 Å². The summed E-state index contributed by atoms with van der Waals surface area (Å²) in [5, 5.41) is 0.612. The Morgan fingerprint density at radius 3 is 2.46 bits per heavy atom. The van der Waals surface area contributed by atoms with Gasteiger partial charge in [0.1, 0.15) is 5.69 Å². The molecule has 0 saturated heterocycles. The number of carbonyl (C=O) groups is 3. The molecule has 7 heteroatoms. The van der Waals surface area contributed by atoms with Gasteiger partial charge in [-0.1, -0.05) is 12.1 Å². The van der Waals surface area contributed by atoms with Crippen molar-refractivity contribution in [1.82, 2.24) is 4.98 Å². The van der Waals surface area contributed by atoms with Crippen molar-refractivity contribution in [2.75, 3.05) is 13.2 Å². The second-order valence-corrected chi connectivity index (χ2v) is 5.84. The van der Waals surface area contributed by atoms with Crippen molar-refractivity contribution in [3.05, 3.63) is 33.9 Å². The summed E-state index contributed by atoms with van der Waals surface area (Å²) in [6.07, 6.45) is -0.0691. The maximum atomic E-state index is 12.6. The molecule has 6 nitrogen and oxygen atoms in total. The van der Waals surface area contributed by atoms with Gasteiger partial charge in [-0.15, -0.1) is 0 Å². The number of benzene rings is 1. The number of rotatable bonds is 7. The highest BCUT2D eigenvalue weighted by Gasteiger charge is 2.25. The Hall–Kier alpha value is -2.15. The molecule has 1 heterocycles. The van der Waals surface area contributed by atoms with Gasteiger partial charge < -0.3 is 14.5 Å². The number of esters is 2. The van der Waals surface area contributed by atoms with E-state index in [9.17, 15) is 14.4 Å². The lowest BCUT2D eigenvalue weighted by Gasteiger charge is -2.04. The average molecular weight is 396 g/mol. The largest absolute Gasteiger partial charge is 0.466 e. The molecule has 0 aliphatic heterocycles. The molecular weight excluding hydrogens is 378 g/mol. The minimum atomic E-state index is -0.597. The molecule has 0 fully saturated rings. The normalized spacial score (nSPS) is 10.6. The average Bonchev–Trinajstić information content (AvgIpc) is 2.94. The summed E-state index contributed by atoms with van der Waals surface area (Å²) in [5.41, 5.74) is 0.988. The zero-order chi connectivity index (χ0) is 17.7. The molecule has 128 valence electrons. The van der Waals surface area contributed by atoms with Gasteiger partial charge in [-0.05, 0) is 35.8 Å². The zero-order valence-electron chi connectivity index (χ0n) is 13.5. The van der Waals surface area contributed by atoms with Crippen molar-refractivity contribution in [3.63, 3.8) is 0 Å². The van der Waals surface area contributed by atoms with Crippen LogP contribution in [0, 0.1) is 0 Å². The summed E-state index contributed by atoms with van der Waals surface area (Å²) in [6.45, 7) is 3.86. The van der Waals surface area contributed by atoms with E-state index in [4.69, 9.17) is 9.47 Å². The predicted octanol–water partition coefficient (Wildman–Crippen LogP) is 3.63. The van der Waals surface area contributed by atoms with Crippen LogP contribution in [0.1, 0.15) is 47.5 Å². The fourth-order valence-corrected chi connectivity index (χ4v) is 2.87. The minimum absolute atomic E-state index is 0.0321. The number of para-hydroxylation sites is 1. The van der Waals surface area contributed by atoms with Crippen molar-refractivity contribution >= 4 is 44.6 Å². The van der Waals surface area contributed by atoms with Crippen LogP contribution in [0.25, 0.3) is 10.9 Å². The van der Waals surface area contributed by atoms with Crippen LogP contribution in [0.5, 0.6) is 0 Å². The standard InChI is InChI=1S/C17H18BrNO5/c1-3-23-13(21)9-8-12(20)14-10-6-5-7-11(18)15(10)19-16(14)17(22)24-4-2/h5-7,19H,3-4,8-9H2,1-2H3. The lowest BCUT2D eigenvalue weighted by Crippen LogP contribution is -2.13. The highest BCUT2D eigenvalue weighted by atomic mass is 79.9. The van der Waals surface area contributed by atoms with Gasteiger partial charge in [-0.2, -0.15) is 0 Å². The second-order valence-electron chi connectivity index (χ2n) is 4.99. The summed E-state index contributed by atoms with van der Waals surface area (Å²) in [6, 6.07) is 5.33. The van der Waals surface area contributed by atoms with E-state index in [0.29, 0.717) is 10.9 Å². The van der Waals surface area contributed by atoms with Gasteiger partial charge in [-0.3, -0.25) is 9.59 Å². The molecule has 1 aromatic carbocycles. The van der Waals surface area contributed by atoms with Gasteiger partial charge in [-0.25, -0.2) is 4.79 Å². The lowest BCUT2D eigenvalue weighted by molar-refractivity contribution is -0.143. The molecule has 2 aromatic rings. The number of halogens is 1. The SMILES string of the molecule is CCOC(=O)CCC(=O)c1c(C(=O)OCC)[nH]c2c(Br)cccc12. The number of H-pyrrole nitrogens is 1. The maximum Gasteiger partial charge on any atom is 0.355 e. The van der Waals surface area contributed by atoms with Crippen LogP contribution in [0.15, 0.2) is 22.7 Å². The van der Waals surface area contributed by atoms with Crippen molar-refractivity contribution < 1.29 is 23.9 Å². The number of ketones is 1.